The summed E-state index contributed by atoms with van der Waals surface area (Å²) in [6, 6.07) is 7.53. The van der Waals surface area contributed by atoms with E-state index in [0.29, 0.717) is 0 Å². The largest absolute Gasteiger partial charge is 0.457 e. The van der Waals surface area contributed by atoms with Crippen molar-refractivity contribution in [1.82, 2.24) is 4.81 Å². The van der Waals surface area contributed by atoms with E-state index in [1.807, 2.05) is 30.3 Å². The zero-order valence-electron chi connectivity index (χ0n) is 7.92. The number of hydrogen-bond acceptors (Lipinski definition) is 2. The predicted molar refractivity (Wildman–Crippen MR) is 58.0 cm³/mol. The molecule has 0 aromatic heterocycles. The molecule has 0 spiro atoms. The fourth-order valence-electron chi connectivity index (χ4n) is 2.00. The zero-order valence-corrected chi connectivity index (χ0v) is 7.92. The van der Waals surface area contributed by atoms with Crippen LogP contribution in [0.3, 0.4) is 0 Å². The van der Waals surface area contributed by atoms with Crippen LogP contribution < -0.4 is 5.46 Å². The van der Waals surface area contributed by atoms with E-state index >= 15 is 0 Å². The lowest BCUT2D eigenvalue weighted by Crippen LogP contribution is -2.51. The van der Waals surface area contributed by atoms with E-state index in [1.54, 1.807) is 6.08 Å². The minimum atomic E-state index is -0.858. The van der Waals surface area contributed by atoms with Gasteiger partial charge in [0.2, 0.25) is 5.91 Å². The molecule has 0 bridgehead atoms. The number of nitrogens with zero attached hydrogens (tertiary/aromatic N) is 1. The van der Waals surface area contributed by atoms with Crippen LogP contribution in [0.5, 0.6) is 0 Å². The molecular formula is C11H8BNO2. The third-order valence-corrected chi connectivity index (χ3v) is 2.73. The standard InChI is InChI=1S/C11H8BNO2/c14-11-6-5-9-7-8-3-1-2-4-10(8)12(15)13(9)11/h1-7,15H. The summed E-state index contributed by atoms with van der Waals surface area (Å²) in [6.07, 6.45) is 5.10. The van der Waals surface area contributed by atoms with Gasteiger partial charge >= 0.3 is 7.05 Å². The summed E-state index contributed by atoms with van der Waals surface area (Å²) in [5, 5.41) is 10.0. The molecular weight excluding hydrogens is 189 g/mol. The van der Waals surface area contributed by atoms with E-state index in [0.717, 1.165) is 16.7 Å². The number of amides is 1. The van der Waals surface area contributed by atoms with Crippen molar-refractivity contribution in [2.75, 3.05) is 0 Å². The van der Waals surface area contributed by atoms with Gasteiger partial charge in [-0.25, -0.2) is 0 Å². The molecule has 4 heteroatoms. The van der Waals surface area contributed by atoms with E-state index < -0.39 is 7.05 Å². The second-order valence-electron chi connectivity index (χ2n) is 3.61. The Labute approximate surface area is 87.5 Å². The second-order valence-corrected chi connectivity index (χ2v) is 3.61. The molecule has 1 amide bonds. The SMILES string of the molecule is O=C1C=CC2=Cc3ccccc3B(O)N12. The van der Waals surface area contributed by atoms with Crippen LogP contribution in [0, 0.1) is 0 Å². The van der Waals surface area contributed by atoms with Crippen LogP contribution in [-0.2, 0) is 4.79 Å². The number of carbonyl (C=O) groups excluding carboxylic acids is 1. The zero-order chi connectivity index (χ0) is 10.4. The Balaban J connectivity index is 2.21. The number of rotatable bonds is 0. The Morgan fingerprint density at radius 2 is 2.00 bits per heavy atom. The van der Waals surface area contributed by atoms with E-state index in [2.05, 4.69) is 0 Å². The highest BCUT2D eigenvalue weighted by atomic mass is 16.2. The van der Waals surface area contributed by atoms with Crippen molar-refractivity contribution in [2.45, 2.75) is 0 Å². The number of carbonyl (C=O) groups is 1. The summed E-state index contributed by atoms with van der Waals surface area (Å²) in [5.74, 6) is -0.164. The van der Waals surface area contributed by atoms with Gasteiger partial charge < -0.3 is 9.83 Å². The predicted octanol–water partition coefficient (Wildman–Crippen LogP) is 0.127. The molecule has 72 valence electrons. The molecule has 0 unspecified atom stereocenters. The first kappa shape index (κ1) is 8.50. The summed E-state index contributed by atoms with van der Waals surface area (Å²) < 4.78 is 0. The molecule has 3 nitrogen and oxygen atoms in total. The first-order valence-corrected chi connectivity index (χ1v) is 4.77. The first-order chi connectivity index (χ1) is 7.27. The van der Waals surface area contributed by atoms with E-state index in [1.165, 1.54) is 10.9 Å². The maximum absolute atomic E-state index is 11.5. The Kier molecular flexibility index (Phi) is 1.61. The normalized spacial score (nSPS) is 17.7. The van der Waals surface area contributed by atoms with Crippen LogP contribution in [-0.4, -0.2) is 22.8 Å². The van der Waals surface area contributed by atoms with Crippen molar-refractivity contribution in [2.24, 2.45) is 0 Å². The van der Waals surface area contributed by atoms with E-state index in [9.17, 15) is 9.82 Å². The Morgan fingerprint density at radius 1 is 1.20 bits per heavy atom. The van der Waals surface area contributed by atoms with Gasteiger partial charge in [-0.2, -0.15) is 0 Å². The van der Waals surface area contributed by atoms with Crippen molar-refractivity contribution < 1.29 is 9.82 Å². The summed E-state index contributed by atoms with van der Waals surface area (Å²) in [4.78, 5) is 12.9. The van der Waals surface area contributed by atoms with Crippen molar-refractivity contribution in [3.8, 4) is 0 Å². The molecule has 1 aromatic rings. The lowest BCUT2D eigenvalue weighted by atomic mass is 9.67. The average molecular weight is 197 g/mol. The van der Waals surface area contributed by atoms with Crippen LogP contribution in [0.1, 0.15) is 5.56 Å². The molecule has 2 heterocycles. The van der Waals surface area contributed by atoms with Crippen LogP contribution in [0.4, 0.5) is 0 Å². The van der Waals surface area contributed by atoms with Gasteiger partial charge in [-0.15, -0.1) is 0 Å². The highest BCUT2D eigenvalue weighted by Gasteiger charge is 2.36. The maximum Gasteiger partial charge on any atom is 0.457 e. The highest BCUT2D eigenvalue weighted by molar-refractivity contribution is 6.68. The van der Waals surface area contributed by atoms with Gasteiger partial charge in [0.15, 0.2) is 0 Å². The summed E-state index contributed by atoms with van der Waals surface area (Å²) in [7, 11) is -0.858. The summed E-state index contributed by atoms with van der Waals surface area (Å²) >= 11 is 0. The third kappa shape index (κ3) is 1.08. The molecule has 0 radical (unpaired) electrons. The molecule has 0 aliphatic carbocycles. The van der Waals surface area contributed by atoms with Crippen molar-refractivity contribution in [3.05, 3.63) is 47.7 Å². The molecule has 3 rings (SSSR count). The van der Waals surface area contributed by atoms with E-state index in [4.69, 9.17) is 0 Å². The summed E-state index contributed by atoms with van der Waals surface area (Å²) in [6.45, 7) is 0. The van der Waals surface area contributed by atoms with Gasteiger partial charge in [-0.05, 0) is 23.2 Å². The van der Waals surface area contributed by atoms with Gasteiger partial charge in [0.25, 0.3) is 0 Å². The Bertz CT molecular complexity index is 507. The average Bonchev–Trinajstić information content (AvgIpc) is 2.61. The molecule has 2 aliphatic rings. The Morgan fingerprint density at radius 3 is 2.87 bits per heavy atom. The quantitative estimate of drug-likeness (QED) is 0.600. The highest BCUT2D eigenvalue weighted by Crippen LogP contribution is 2.23. The lowest BCUT2D eigenvalue weighted by Gasteiger charge is -2.26. The van der Waals surface area contributed by atoms with Gasteiger partial charge in [-0.1, -0.05) is 24.3 Å². The molecule has 0 fully saturated rings. The van der Waals surface area contributed by atoms with Crippen LogP contribution in [0.25, 0.3) is 6.08 Å². The lowest BCUT2D eigenvalue weighted by molar-refractivity contribution is -0.120. The van der Waals surface area contributed by atoms with Crippen LogP contribution >= 0.6 is 0 Å². The topological polar surface area (TPSA) is 40.5 Å². The van der Waals surface area contributed by atoms with Crippen LogP contribution in [0.15, 0.2) is 42.1 Å². The van der Waals surface area contributed by atoms with E-state index in [-0.39, 0.29) is 5.91 Å². The van der Waals surface area contributed by atoms with Crippen LogP contribution in [0.2, 0.25) is 0 Å². The fourth-order valence-corrected chi connectivity index (χ4v) is 2.00. The van der Waals surface area contributed by atoms with Crippen molar-refractivity contribution >= 4 is 24.5 Å². The smallest absolute Gasteiger partial charge is 0.428 e. The molecule has 1 aromatic carbocycles. The minimum Gasteiger partial charge on any atom is -0.428 e. The minimum absolute atomic E-state index is 0.164. The number of fused-ring (bicyclic) bond motifs is 2. The molecule has 0 saturated heterocycles. The number of benzene rings is 1. The van der Waals surface area contributed by atoms with Crippen molar-refractivity contribution in [1.29, 1.82) is 0 Å². The molecule has 1 N–H and O–H groups in total. The maximum atomic E-state index is 11.5. The number of hydrogen-bond donors (Lipinski definition) is 1. The van der Waals surface area contributed by atoms with Gasteiger partial charge in [0.1, 0.15) is 0 Å². The second kappa shape index (κ2) is 2.84. The summed E-state index contributed by atoms with van der Waals surface area (Å²) in [5.41, 5.74) is 2.50. The Hall–Kier alpha value is -1.81. The van der Waals surface area contributed by atoms with Crippen molar-refractivity contribution in [3.63, 3.8) is 0 Å². The first-order valence-electron chi connectivity index (χ1n) is 4.77. The monoisotopic (exact) mass is 197 g/mol. The molecule has 15 heavy (non-hydrogen) atoms. The molecule has 0 saturated carbocycles. The number of allylic oxidation sites excluding steroid dienone is 1. The fraction of sp³-hybridized carbons (Fsp3) is 0. The molecule has 0 atom stereocenters. The van der Waals surface area contributed by atoms with Gasteiger partial charge in [0, 0.05) is 11.8 Å². The molecule has 2 aliphatic heterocycles. The van der Waals surface area contributed by atoms with Gasteiger partial charge in [-0.3, -0.25) is 4.79 Å². The third-order valence-electron chi connectivity index (χ3n) is 2.73. The van der Waals surface area contributed by atoms with Gasteiger partial charge in [0.05, 0.1) is 0 Å².